The van der Waals surface area contributed by atoms with E-state index in [0.717, 1.165) is 0 Å². The van der Waals surface area contributed by atoms with Gasteiger partial charge < -0.3 is 14.2 Å². The minimum absolute atomic E-state index is 0.120. The Labute approximate surface area is 119 Å². The number of benzene rings is 1. The zero-order valence-electron chi connectivity index (χ0n) is 9.31. The topological polar surface area (TPSA) is 27.7 Å². The second kappa shape index (κ2) is 5.93. The van der Waals surface area contributed by atoms with Gasteiger partial charge in [-0.15, -0.1) is 0 Å². The van der Waals surface area contributed by atoms with Gasteiger partial charge in [0.05, 0.1) is 25.7 Å². The van der Waals surface area contributed by atoms with Crippen molar-refractivity contribution in [2.45, 2.75) is 5.97 Å². The summed E-state index contributed by atoms with van der Waals surface area (Å²) in [6.45, 7) is 0. The number of hydrogen-bond acceptors (Lipinski definition) is 3. The monoisotopic (exact) mass is 318 g/mol. The summed E-state index contributed by atoms with van der Waals surface area (Å²) in [6.07, 6.45) is 0. The molecule has 0 fully saturated rings. The quantitative estimate of drug-likeness (QED) is 0.469. The highest BCUT2D eigenvalue weighted by Crippen LogP contribution is 2.44. The molecule has 7 heteroatoms. The van der Waals surface area contributed by atoms with Gasteiger partial charge in [-0.3, -0.25) is 0 Å². The summed E-state index contributed by atoms with van der Waals surface area (Å²) in [5, 5.41) is 0.746. The number of ether oxygens (including phenoxy) is 3. The third-order valence-corrected chi connectivity index (χ3v) is 3.79. The van der Waals surface area contributed by atoms with Crippen LogP contribution in [-0.4, -0.2) is 21.3 Å². The van der Waals surface area contributed by atoms with Gasteiger partial charge in [0, 0.05) is 21.3 Å². The molecule has 96 valence electrons. The molecule has 0 aromatic heterocycles. The summed E-state index contributed by atoms with van der Waals surface area (Å²) < 4.78 is 15.5. The predicted molar refractivity (Wildman–Crippen MR) is 69.2 cm³/mol. The number of methoxy groups -OCH3 is 3. The Morgan fingerprint density at radius 2 is 1.29 bits per heavy atom. The van der Waals surface area contributed by atoms with Crippen LogP contribution in [0.5, 0.6) is 0 Å². The van der Waals surface area contributed by atoms with Crippen LogP contribution < -0.4 is 0 Å². The first-order valence-electron chi connectivity index (χ1n) is 4.42. The van der Waals surface area contributed by atoms with Crippen LogP contribution in [0, 0.1) is 0 Å². The average Bonchev–Trinajstić information content (AvgIpc) is 2.32. The second-order valence-electron chi connectivity index (χ2n) is 3.01. The molecule has 0 saturated heterocycles. The molecular formula is C10H10Cl4O3. The van der Waals surface area contributed by atoms with Crippen molar-refractivity contribution in [2.24, 2.45) is 0 Å². The highest BCUT2D eigenvalue weighted by Gasteiger charge is 2.38. The summed E-state index contributed by atoms with van der Waals surface area (Å²) in [5.41, 5.74) is 0.266. The molecule has 0 aliphatic heterocycles. The first kappa shape index (κ1) is 15.3. The molecule has 1 rings (SSSR count). The molecule has 0 radical (unpaired) electrons. The Morgan fingerprint density at radius 1 is 0.824 bits per heavy atom. The Kier molecular flexibility index (Phi) is 5.35. The van der Waals surface area contributed by atoms with E-state index in [1.807, 2.05) is 0 Å². The van der Waals surface area contributed by atoms with Crippen molar-refractivity contribution >= 4 is 46.4 Å². The zero-order chi connectivity index (χ0) is 13.2. The Bertz CT molecular complexity index is 410. The average molecular weight is 320 g/mol. The molecule has 0 aliphatic carbocycles. The van der Waals surface area contributed by atoms with E-state index >= 15 is 0 Å². The molecule has 0 heterocycles. The van der Waals surface area contributed by atoms with E-state index in [1.165, 1.54) is 27.4 Å². The molecule has 3 nitrogen and oxygen atoms in total. The third-order valence-electron chi connectivity index (χ3n) is 2.23. The summed E-state index contributed by atoms with van der Waals surface area (Å²) >= 11 is 23.9. The van der Waals surface area contributed by atoms with E-state index in [9.17, 15) is 0 Å². The fourth-order valence-electron chi connectivity index (χ4n) is 1.40. The van der Waals surface area contributed by atoms with Crippen molar-refractivity contribution in [3.05, 3.63) is 31.7 Å². The van der Waals surface area contributed by atoms with Crippen LogP contribution in [0.15, 0.2) is 6.07 Å². The van der Waals surface area contributed by atoms with Gasteiger partial charge >= 0.3 is 5.97 Å². The number of rotatable bonds is 4. The van der Waals surface area contributed by atoms with Crippen molar-refractivity contribution < 1.29 is 14.2 Å². The lowest BCUT2D eigenvalue weighted by atomic mass is 10.2. The third kappa shape index (κ3) is 2.66. The summed E-state index contributed by atoms with van der Waals surface area (Å²) in [5.74, 6) is -1.53. The lowest BCUT2D eigenvalue weighted by Gasteiger charge is -2.30. The predicted octanol–water partition coefficient (Wildman–Crippen LogP) is 4.35. The van der Waals surface area contributed by atoms with Crippen LogP contribution in [0.2, 0.25) is 20.1 Å². The molecule has 0 amide bonds. The summed E-state index contributed by atoms with van der Waals surface area (Å²) in [4.78, 5) is 0. The maximum atomic E-state index is 6.08. The molecule has 0 bridgehead atoms. The normalized spacial score (nSPS) is 11.9. The molecule has 17 heavy (non-hydrogen) atoms. The van der Waals surface area contributed by atoms with Crippen molar-refractivity contribution in [2.75, 3.05) is 21.3 Å². The van der Waals surface area contributed by atoms with Gasteiger partial charge in [-0.05, 0) is 6.07 Å². The largest absolute Gasteiger partial charge is 0.327 e. The van der Waals surface area contributed by atoms with Gasteiger partial charge in [0.25, 0.3) is 0 Å². The molecule has 0 unspecified atom stereocenters. The minimum Gasteiger partial charge on any atom is -0.327 e. The van der Waals surface area contributed by atoms with Crippen LogP contribution in [0.1, 0.15) is 5.56 Å². The van der Waals surface area contributed by atoms with Gasteiger partial charge in [-0.25, -0.2) is 0 Å². The highest BCUT2D eigenvalue weighted by atomic mass is 35.5. The molecule has 0 N–H and O–H groups in total. The fraction of sp³-hybridized carbons (Fsp3) is 0.400. The molecule has 1 aromatic rings. The number of halogens is 4. The highest BCUT2D eigenvalue weighted by molar-refractivity contribution is 6.49. The van der Waals surface area contributed by atoms with E-state index in [-0.39, 0.29) is 25.7 Å². The molecule has 0 aliphatic rings. The van der Waals surface area contributed by atoms with Crippen molar-refractivity contribution in [3.8, 4) is 0 Å². The molecular weight excluding hydrogens is 310 g/mol. The van der Waals surface area contributed by atoms with Crippen LogP contribution in [0.4, 0.5) is 0 Å². The fourth-order valence-corrected chi connectivity index (χ4v) is 2.55. The molecule has 1 aromatic carbocycles. The van der Waals surface area contributed by atoms with E-state index in [2.05, 4.69) is 0 Å². The summed E-state index contributed by atoms with van der Waals surface area (Å²) in [6, 6.07) is 1.44. The van der Waals surface area contributed by atoms with Gasteiger partial charge in [0.2, 0.25) is 0 Å². The first-order chi connectivity index (χ1) is 7.93. The molecule has 0 saturated carbocycles. The Balaban J connectivity index is 3.54. The van der Waals surface area contributed by atoms with Crippen molar-refractivity contribution in [1.82, 2.24) is 0 Å². The van der Waals surface area contributed by atoms with E-state index in [1.54, 1.807) is 0 Å². The Morgan fingerprint density at radius 3 is 1.71 bits per heavy atom. The van der Waals surface area contributed by atoms with Gasteiger partial charge in [-0.1, -0.05) is 46.4 Å². The molecule has 0 atom stereocenters. The smallest absolute Gasteiger partial charge is 0.314 e. The van der Waals surface area contributed by atoms with Crippen LogP contribution in [0.3, 0.4) is 0 Å². The molecule has 0 spiro atoms. The lowest BCUT2D eigenvalue weighted by Crippen LogP contribution is -2.33. The first-order valence-corrected chi connectivity index (χ1v) is 5.93. The van der Waals surface area contributed by atoms with E-state index in [4.69, 9.17) is 60.6 Å². The van der Waals surface area contributed by atoms with Crippen LogP contribution >= 0.6 is 46.4 Å². The van der Waals surface area contributed by atoms with Crippen LogP contribution in [0.25, 0.3) is 0 Å². The van der Waals surface area contributed by atoms with Gasteiger partial charge in [0.1, 0.15) is 0 Å². The lowest BCUT2D eigenvalue weighted by molar-refractivity contribution is -0.364. The SMILES string of the molecule is COC(OC)(OC)c1c(Cl)cc(Cl)c(Cl)c1Cl. The second-order valence-corrected chi connectivity index (χ2v) is 4.58. The number of hydrogen-bond donors (Lipinski definition) is 0. The maximum Gasteiger partial charge on any atom is 0.314 e. The standard InChI is InChI=1S/C10H10Cl4O3/c1-15-10(16-2,17-3)7-5(11)4-6(12)8(13)9(7)14/h4H,1-3H3. The zero-order valence-corrected chi connectivity index (χ0v) is 12.3. The summed E-state index contributed by atoms with van der Waals surface area (Å²) in [7, 11) is 4.17. The van der Waals surface area contributed by atoms with Gasteiger partial charge in [0.15, 0.2) is 0 Å². The maximum absolute atomic E-state index is 6.08. The van der Waals surface area contributed by atoms with Crippen molar-refractivity contribution in [3.63, 3.8) is 0 Å². The van der Waals surface area contributed by atoms with E-state index < -0.39 is 5.97 Å². The van der Waals surface area contributed by atoms with Crippen molar-refractivity contribution in [1.29, 1.82) is 0 Å². The minimum atomic E-state index is -1.53. The van der Waals surface area contributed by atoms with E-state index in [0.29, 0.717) is 0 Å². The van der Waals surface area contributed by atoms with Gasteiger partial charge in [-0.2, -0.15) is 0 Å². The Hall–Kier alpha value is 0.260. The van der Waals surface area contributed by atoms with Crippen LogP contribution in [-0.2, 0) is 20.2 Å².